The fourth-order valence-corrected chi connectivity index (χ4v) is 2.88. The van der Waals surface area contributed by atoms with Gasteiger partial charge in [-0.15, -0.1) is 0 Å². The Morgan fingerprint density at radius 1 is 1.14 bits per heavy atom. The topological polar surface area (TPSA) is 12.0 Å². The summed E-state index contributed by atoms with van der Waals surface area (Å²) in [7, 11) is 0. The molecular formula is C17H18Cl2FN. The summed E-state index contributed by atoms with van der Waals surface area (Å²) >= 11 is 11.9. The number of hydrogen-bond acceptors (Lipinski definition) is 1. The molecule has 0 aliphatic rings. The highest BCUT2D eigenvalue weighted by atomic mass is 35.5. The van der Waals surface area contributed by atoms with Crippen LogP contribution in [0.4, 0.5) is 10.1 Å². The van der Waals surface area contributed by atoms with Crippen LogP contribution in [0.15, 0.2) is 36.4 Å². The van der Waals surface area contributed by atoms with Crippen molar-refractivity contribution < 1.29 is 4.39 Å². The number of rotatable bonds is 5. The predicted octanol–water partition coefficient (Wildman–Crippen LogP) is 6.26. The van der Waals surface area contributed by atoms with Crippen molar-refractivity contribution in [2.75, 3.05) is 5.32 Å². The number of halogens is 3. The normalized spacial score (nSPS) is 12.2. The average Bonchev–Trinajstić information content (AvgIpc) is 2.45. The molecular weight excluding hydrogens is 308 g/mol. The van der Waals surface area contributed by atoms with Gasteiger partial charge in [0.05, 0.1) is 11.1 Å². The summed E-state index contributed by atoms with van der Waals surface area (Å²) < 4.78 is 13.6. The molecule has 0 amide bonds. The standard InChI is InChI=1S/C17H18Cl2FN/c1-3-6-12-7-4-5-8-17(12)21-11(2)13-9-16(20)15(19)10-14(13)18/h4-5,7-11,21H,3,6H2,1-2H3. The molecule has 0 saturated carbocycles. The van der Waals surface area contributed by atoms with Gasteiger partial charge in [-0.3, -0.25) is 0 Å². The van der Waals surface area contributed by atoms with Crippen LogP contribution in [0.25, 0.3) is 0 Å². The smallest absolute Gasteiger partial charge is 0.142 e. The minimum Gasteiger partial charge on any atom is -0.378 e. The zero-order chi connectivity index (χ0) is 15.4. The third-order valence-corrected chi connectivity index (χ3v) is 4.03. The maximum Gasteiger partial charge on any atom is 0.142 e. The molecule has 0 spiro atoms. The van der Waals surface area contributed by atoms with Gasteiger partial charge in [0.2, 0.25) is 0 Å². The highest BCUT2D eigenvalue weighted by molar-refractivity contribution is 6.35. The van der Waals surface area contributed by atoms with E-state index in [1.807, 2.05) is 25.1 Å². The van der Waals surface area contributed by atoms with Gasteiger partial charge in [-0.1, -0.05) is 54.7 Å². The Morgan fingerprint density at radius 3 is 2.57 bits per heavy atom. The van der Waals surface area contributed by atoms with Crippen molar-refractivity contribution in [1.82, 2.24) is 0 Å². The predicted molar refractivity (Wildman–Crippen MR) is 88.9 cm³/mol. The maximum absolute atomic E-state index is 13.6. The molecule has 0 bridgehead atoms. The molecule has 2 aromatic carbocycles. The van der Waals surface area contributed by atoms with Crippen molar-refractivity contribution in [3.8, 4) is 0 Å². The van der Waals surface area contributed by atoms with Crippen LogP contribution in [0.2, 0.25) is 10.0 Å². The molecule has 112 valence electrons. The molecule has 0 aromatic heterocycles. The lowest BCUT2D eigenvalue weighted by Gasteiger charge is -2.20. The minimum atomic E-state index is -0.452. The first-order chi connectivity index (χ1) is 10.0. The molecule has 0 radical (unpaired) electrons. The van der Waals surface area contributed by atoms with Crippen molar-refractivity contribution in [3.63, 3.8) is 0 Å². The Hall–Kier alpha value is -1.25. The molecule has 0 fully saturated rings. The van der Waals surface area contributed by atoms with E-state index in [2.05, 4.69) is 18.3 Å². The van der Waals surface area contributed by atoms with Crippen molar-refractivity contribution >= 4 is 28.9 Å². The van der Waals surface area contributed by atoms with Crippen LogP contribution in [-0.4, -0.2) is 0 Å². The van der Waals surface area contributed by atoms with E-state index in [4.69, 9.17) is 23.2 Å². The number of hydrogen-bond donors (Lipinski definition) is 1. The van der Waals surface area contributed by atoms with Gasteiger partial charge in [0.1, 0.15) is 5.82 Å². The van der Waals surface area contributed by atoms with Crippen LogP contribution >= 0.6 is 23.2 Å². The van der Waals surface area contributed by atoms with Gasteiger partial charge in [0, 0.05) is 10.7 Å². The largest absolute Gasteiger partial charge is 0.378 e. The Kier molecular flexibility index (Phi) is 5.49. The Labute approximate surface area is 135 Å². The van der Waals surface area contributed by atoms with Crippen LogP contribution in [0.1, 0.15) is 37.4 Å². The highest BCUT2D eigenvalue weighted by Gasteiger charge is 2.14. The molecule has 1 unspecified atom stereocenters. The molecule has 1 nitrogen and oxygen atoms in total. The molecule has 1 N–H and O–H groups in total. The van der Waals surface area contributed by atoms with Crippen LogP contribution < -0.4 is 5.32 Å². The lowest BCUT2D eigenvalue weighted by molar-refractivity contribution is 0.624. The van der Waals surface area contributed by atoms with Gasteiger partial charge in [-0.2, -0.15) is 0 Å². The summed E-state index contributed by atoms with van der Waals surface area (Å²) in [4.78, 5) is 0. The van der Waals surface area contributed by atoms with Crippen LogP contribution in [0.3, 0.4) is 0 Å². The van der Waals surface area contributed by atoms with Crippen molar-refractivity contribution in [3.05, 3.63) is 63.4 Å². The van der Waals surface area contributed by atoms with Crippen molar-refractivity contribution in [2.24, 2.45) is 0 Å². The Balaban J connectivity index is 2.26. The number of benzene rings is 2. The van der Waals surface area contributed by atoms with E-state index >= 15 is 0 Å². The first kappa shape index (κ1) is 16.1. The summed E-state index contributed by atoms with van der Waals surface area (Å²) in [6.45, 7) is 4.10. The van der Waals surface area contributed by atoms with Gasteiger partial charge < -0.3 is 5.32 Å². The minimum absolute atomic E-state index is 0.0438. The summed E-state index contributed by atoms with van der Waals surface area (Å²) in [5.41, 5.74) is 3.00. The van der Waals surface area contributed by atoms with Gasteiger partial charge in [-0.05, 0) is 42.7 Å². The third-order valence-electron chi connectivity index (χ3n) is 3.41. The number of para-hydroxylation sites is 1. The van der Waals surface area contributed by atoms with E-state index in [-0.39, 0.29) is 11.1 Å². The summed E-state index contributed by atoms with van der Waals surface area (Å²) in [6, 6.07) is 10.9. The number of anilines is 1. The van der Waals surface area contributed by atoms with Gasteiger partial charge in [0.25, 0.3) is 0 Å². The summed E-state index contributed by atoms with van der Waals surface area (Å²) in [6.07, 6.45) is 2.07. The summed E-state index contributed by atoms with van der Waals surface area (Å²) in [5.74, 6) is -0.452. The van der Waals surface area contributed by atoms with E-state index in [0.29, 0.717) is 10.6 Å². The highest BCUT2D eigenvalue weighted by Crippen LogP contribution is 2.31. The van der Waals surface area contributed by atoms with Gasteiger partial charge in [0.15, 0.2) is 0 Å². The molecule has 0 saturated heterocycles. The number of nitrogens with one attached hydrogen (secondary N) is 1. The van der Waals surface area contributed by atoms with E-state index in [1.165, 1.54) is 17.7 Å². The quantitative estimate of drug-likeness (QED) is 0.640. The maximum atomic E-state index is 13.6. The fourth-order valence-electron chi connectivity index (χ4n) is 2.33. The second-order valence-electron chi connectivity index (χ2n) is 5.06. The van der Waals surface area contributed by atoms with E-state index in [9.17, 15) is 4.39 Å². The average molecular weight is 326 g/mol. The zero-order valence-corrected chi connectivity index (χ0v) is 13.6. The second kappa shape index (κ2) is 7.15. The first-order valence-electron chi connectivity index (χ1n) is 7.01. The second-order valence-corrected chi connectivity index (χ2v) is 5.88. The molecule has 0 aliphatic heterocycles. The van der Waals surface area contributed by atoms with Crippen molar-refractivity contribution in [1.29, 1.82) is 0 Å². The number of aryl methyl sites for hydroxylation is 1. The first-order valence-corrected chi connectivity index (χ1v) is 7.77. The Morgan fingerprint density at radius 2 is 1.86 bits per heavy atom. The molecule has 1 atom stereocenters. The molecule has 4 heteroatoms. The van der Waals surface area contributed by atoms with Crippen molar-refractivity contribution in [2.45, 2.75) is 32.7 Å². The Bertz CT molecular complexity index is 628. The van der Waals surface area contributed by atoms with Gasteiger partial charge in [-0.25, -0.2) is 4.39 Å². The molecule has 0 aliphatic carbocycles. The molecule has 21 heavy (non-hydrogen) atoms. The van der Waals surface area contributed by atoms with Crippen LogP contribution in [0.5, 0.6) is 0 Å². The van der Waals surface area contributed by atoms with E-state index < -0.39 is 5.82 Å². The van der Waals surface area contributed by atoms with E-state index in [1.54, 1.807) is 0 Å². The van der Waals surface area contributed by atoms with Crippen LogP contribution in [-0.2, 0) is 6.42 Å². The van der Waals surface area contributed by atoms with Gasteiger partial charge >= 0.3 is 0 Å². The third kappa shape index (κ3) is 3.90. The fraction of sp³-hybridized carbons (Fsp3) is 0.294. The summed E-state index contributed by atoms with van der Waals surface area (Å²) in [5, 5.41) is 3.92. The zero-order valence-electron chi connectivity index (χ0n) is 12.1. The molecule has 2 rings (SSSR count). The molecule has 0 heterocycles. The molecule has 2 aromatic rings. The lowest BCUT2D eigenvalue weighted by atomic mass is 10.0. The monoisotopic (exact) mass is 325 g/mol. The lowest BCUT2D eigenvalue weighted by Crippen LogP contribution is -2.09. The SMILES string of the molecule is CCCc1ccccc1NC(C)c1cc(F)c(Cl)cc1Cl. The van der Waals surface area contributed by atoms with Crippen LogP contribution in [0, 0.1) is 5.82 Å². The van der Waals surface area contributed by atoms with E-state index in [0.717, 1.165) is 18.5 Å².